The lowest BCUT2D eigenvalue weighted by atomic mass is 9.88. The van der Waals surface area contributed by atoms with Crippen LogP contribution in [0.3, 0.4) is 0 Å². The van der Waals surface area contributed by atoms with E-state index in [0.29, 0.717) is 24.8 Å². The van der Waals surface area contributed by atoms with Crippen LogP contribution in [0.4, 0.5) is 4.79 Å². The summed E-state index contributed by atoms with van der Waals surface area (Å²) in [6.07, 6.45) is 3.81. The van der Waals surface area contributed by atoms with Crippen LogP contribution in [-0.2, 0) is 4.79 Å². The van der Waals surface area contributed by atoms with E-state index >= 15 is 0 Å². The second-order valence-corrected chi connectivity index (χ2v) is 5.89. The zero-order valence-corrected chi connectivity index (χ0v) is 14.0. The molecule has 2 N–H and O–H groups in total. The normalized spacial score (nSPS) is 12.2. The molecule has 124 valence electrons. The summed E-state index contributed by atoms with van der Waals surface area (Å²) in [7, 11) is 0. The number of hydrogen-bond donors (Lipinski definition) is 2. The molecule has 0 aliphatic heterocycles. The fourth-order valence-corrected chi connectivity index (χ4v) is 2.35. The highest BCUT2D eigenvalue weighted by atomic mass is 16.4. The lowest BCUT2D eigenvalue weighted by Gasteiger charge is -2.23. The molecule has 5 heteroatoms. The quantitative estimate of drug-likeness (QED) is 0.615. The van der Waals surface area contributed by atoms with E-state index in [0.717, 1.165) is 32.4 Å². The highest BCUT2D eigenvalue weighted by molar-refractivity contribution is 5.74. The van der Waals surface area contributed by atoms with Crippen LogP contribution < -0.4 is 5.32 Å². The number of carbonyl (C=O) groups excluding carboxylic acids is 1. The standard InChI is InChI=1S/C16H32N2O3/c1-5-7-12-18(6-2)16(21)17-11-10-14(13(3)4)8-9-15(19)20/h13-14H,5-12H2,1-4H3,(H,17,21)(H,19,20). The lowest BCUT2D eigenvalue weighted by Crippen LogP contribution is -2.41. The number of amides is 2. The maximum absolute atomic E-state index is 12.0. The summed E-state index contributed by atoms with van der Waals surface area (Å²) in [5.41, 5.74) is 0. The number of aliphatic carboxylic acids is 1. The van der Waals surface area contributed by atoms with Crippen LogP contribution in [0.5, 0.6) is 0 Å². The van der Waals surface area contributed by atoms with Gasteiger partial charge in [-0.15, -0.1) is 0 Å². The SMILES string of the molecule is CCCCN(CC)C(=O)NCCC(CCC(=O)O)C(C)C. The Labute approximate surface area is 129 Å². The first-order chi connectivity index (χ1) is 9.92. The van der Waals surface area contributed by atoms with E-state index in [4.69, 9.17) is 5.11 Å². The van der Waals surface area contributed by atoms with Crippen LogP contribution in [0.1, 0.15) is 59.8 Å². The summed E-state index contributed by atoms with van der Waals surface area (Å²) in [5, 5.41) is 11.7. The molecule has 1 atom stereocenters. The molecule has 2 amide bonds. The Morgan fingerprint density at radius 2 is 1.86 bits per heavy atom. The number of urea groups is 1. The minimum Gasteiger partial charge on any atom is -0.481 e. The van der Waals surface area contributed by atoms with Gasteiger partial charge < -0.3 is 15.3 Å². The van der Waals surface area contributed by atoms with Gasteiger partial charge in [0.15, 0.2) is 0 Å². The average Bonchev–Trinajstić information content (AvgIpc) is 2.42. The zero-order valence-electron chi connectivity index (χ0n) is 14.0. The molecule has 0 saturated carbocycles. The fraction of sp³-hybridized carbons (Fsp3) is 0.875. The molecular formula is C16H32N2O3. The number of unbranched alkanes of at least 4 members (excludes halogenated alkanes) is 1. The van der Waals surface area contributed by atoms with Crippen LogP contribution in [0.2, 0.25) is 0 Å². The Morgan fingerprint density at radius 1 is 1.19 bits per heavy atom. The largest absolute Gasteiger partial charge is 0.481 e. The topological polar surface area (TPSA) is 69.6 Å². The Kier molecular flexibility index (Phi) is 10.7. The molecule has 1 unspecified atom stereocenters. The lowest BCUT2D eigenvalue weighted by molar-refractivity contribution is -0.137. The number of nitrogens with one attached hydrogen (secondary N) is 1. The molecule has 0 saturated heterocycles. The number of carboxylic acid groups (broad SMARTS) is 1. The molecule has 0 aliphatic rings. The van der Waals surface area contributed by atoms with Crippen LogP contribution in [0, 0.1) is 11.8 Å². The predicted octanol–water partition coefficient (Wildman–Crippen LogP) is 3.35. The Morgan fingerprint density at radius 3 is 2.33 bits per heavy atom. The third kappa shape index (κ3) is 9.32. The summed E-state index contributed by atoms with van der Waals surface area (Å²) in [5.74, 6) is 0.0251. The average molecular weight is 300 g/mol. The van der Waals surface area contributed by atoms with Gasteiger partial charge in [-0.1, -0.05) is 27.2 Å². The molecule has 21 heavy (non-hydrogen) atoms. The molecule has 0 bridgehead atoms. The van der Waals surface area contributed by atoms with E-state index in [2.05, 4.69) is 26.1 Å². The van der Waals surface area contributed by atoms with Crippen molar-refractivity contribution in [2.24, 2.45) is 11.8 Å². The van der Waals surface area contributed by atoms with Gasteiger partial charge in [0.25, 0.3) is 0 Å². The van der Waals surface area contributed by atoms with Gasteiger partial charge in [-0.05, 0) is 38.0 Å². The summed E-state index contributed by atoms with van der Waals surface area (Å²) >= 11 is 0. The first kappa shape index (κ1) is 19.7. The van der Waals surface area contributed by atoms with Crippen molar-refractivity contribution in [2.75, 3.05) is 19.6 Å². The van der Waals surface area contributed by atoms with Crippen molar-refractivity contribution in [3.63, 3.8) is 0 Å². The number of carbonyl (C=O) groups is 2. The van der Waals surface area contributed by atoms with Crippen LogP contribution in [0.15, 0.2) is 0 Å². The van der Waals surface area contributed by atoms with Gasteiger partial charge in [-0.25, -0.2) is 4.79 Å². The van der Waals surface area contributed by atoms with Crippen LogP contribution >= 0.6 is 0 Å². The number of carboxylic acids is 1. The highest BCUT2D eigenvalue weighted by Gasteiger charge is 2.16. The monoisotopic (exact) mass is 300 g/mol. The summed E-state index contributed by atoms with van der Waals surface area (Å²) in [6.45, 7) is 10.4. The second kappa shape index (κ2) is 11.4. The molecular weight excluding hydrogens is 268 g/mol. The molecule has 0 aromatic heterocycles. The van der Waals surface area contributed by atoms with Crippen molar-refractivity contribution in [1.29, 1.82) is 0 Å². The molecule has 0 fully saturated rings. The van der Waals surface area contributed by atoms with Gasteiger partial charge in [0.2, 0.25) is 0 Å². The number of rotatable bonds is 11. The Hall–Kier alpha value is -1.26. The van der Waals surface area contributed by atoms with Gasteiger partial charge in [0.1, 0.15) is 0 Å². The maximum atomic E-state index is 12.0. The van der Waals surface area contributed by atoms with Gasteiger partial charge in [0, 0.05) is 26.1 Å². The molecule has 0 aliphatic carbocycles. The van der Waals surface area contributed by atoms with Gasteiger partial charge in [-0.2, -0.15) is 0 Å². The van der Waals surface area contributed by atoms with Crippen molar-refractivity contribution in [3.8, 4) is 0 Å². The maximum Gasteiger partial charge on any atom is 0.317 e. The first-order valence-electron chi connectivity index (χ1n) is 8.16. The minimum atomic E-state index is -0.749. The van der Waals surface area contributed by atoms with Crippen molar-refractivity contribution < 1.29 is 14.7 Å². The number of hydrogen-bond acceptors (Lipinski definition) is 2. The van der Waals surface area contributed by atoms with Crippen LogP contribution in [-0.4, -0.2) is 41.6 Å². The third-order valence-corrected chi connectivity index (χ3v) is 3.91. The van der Waals surface area contributed by atoms with E-state index in [1.54, 1.807) is 0 Å². The van der Waals surface area contributed by atoms with Crippen molar-refractivity contribution >= 4 is 12.0 Å². The third-order valence-electron chi connectivity index (χ3n) is 3.91. The van der Waals surface area contributed by atoms with E-state index in [9.17, 15) is 9.59 Å². The van der Waals surface area contributed by atoms with Crippen molar-refractivity contribution in [3.05, 3.63) is 0 Å². The molecule has 0 spiro atoms. The van der Waals surface area contributed by atoms with Gasteiger partial charge in [-0.3, -0.25) is 4.79 Å². The Bertz CT molecular complexity index is 306. The molecule has 0 rings (SSSR count). The molecule has 0 radical (unpaired) electrons. The van der Waals surface area contributed by atoms with Crippen LogP contribution in [0.25, 0.3) is 0 Å². The molecule has 0 aromatic carbocycles. The van der Waals surface area contributed by atoms with E-state index < -0.39 is 5.97 Å². The number of nitrogens with zero attached hydrogens (tertiary/aromatic N) is 1. The summed E-state index contributed by atoms with van der Waals surface area (Å²) < 4.78 is 0. The predicted molar refractivity (Wildman–Crippen MR) is 85.4 cm³/mol. The minimum absolute atomic E-state index is 0.00769. The van der Waals surface area contributed by atoms with Gasteiger partial charge >= 0.3 is 12.0 Å². The fourth-order valence-electron chi connectivity index (χ4n) is 2.35. The van der Waals surface area contributed by atoms with E-state index in [-0.39, 0.29) is 12.5 Å². The molecule has 0 heterocycles. The van der Waals surface area contributed by atoms with Crippen molar-refractivity contribution in [1.82, 2.24) is 10.2 Å². The summed E-state index contributed by atoms with van der Waals surface area (Å²) in [6, 6.07) is -0.00769. The zero-order chi connectivity index (χ0) is 16.3. The molecule has 0 aromatic rings. The Balaban J connectivity index is 4.11. The van der Waals surface area contributed by atoms with Gasteiger partial charge in [0.05, 0.1) is 0 Å². The van der Waals surface area contributed by atoms with E-state index in [1.165, 1.54) is 0 Å². The van der Waals surface area contributed by atoms with E-state index in [1.807, 2.05) is 11.8 Å². The second-order valence-electron chi connectivity index (χ2n) is 5.89. The molecule has 5 nitrogen and oxygen atoms in total. The summed E-state index contributed by atoms with van der Waals surface area (Å²) in [4.78, 5) is 24.5. The smallest absolute Gasteiger partial charge is 0.317 e. The highest BCUT2D eigenvalue weighted by Crippen LogP contribution is 2.20. The van der Waals surface area contributed by atoms with Crippen molar-refractivity contribution in [2.45, 2.75) is 59.8 Å². The first-order valence-corrected chi connectivity index (χ1v) is 8.16.